The van der Waals surface area contributed by atoms with E-state index in [9.17, 15) is 4.79 Å². The van der Waals surface area contributed by atoms with Gasteiger partial charge in [0, 0.05) is 0 Å². The van der Waals surface area contributed by atoms with E-state index in [1.54, 1.807) is 19.2 Å². The van der Waals surface area contributed by atoms with Gasteiger partial charge in [-0.05, 0) is 34.7 Å². The van der Waals surface area contributed by atoms with Crippen molar-refractivity contribution in [2.24, 2.45) is 0 Å². The van der Waals surface area contributed by atoms with Gasteiger partial charge in [-0.2, -0.15) is 0 Å². The summed E-state index contributed by atoms with van der Waals surface area (Å²) in [6.07, 6.45) is 0. The van der Waals surface area contributed by atoms with Crippen LogP contribution in [0.15, 0.2) is 12.1 Å². The zero-order chi connectivity index (χ0) is 11.4. The number of hydrogen-bond donors (Lipinski definition) is 0. The maximum Gasteiger partial charge on any atom is 0.341 e. The van der Waals surface area contributed by atoms with Crippen molar-refractivity contribution in [3.05, 3.63) is 21.3 Å². The highest BCUT2D eigenvalue weighted by atomic mass is 127. The lowest BCUT2D eigenvalue weighted by Crippen LogP contribution is -2.05. The second-order valence-corrected chi connectivity index (χ2v) is 3.84. The minimum absolute atomic E-state index is 0.365. The van der Waals surface area contributed by atoms with Crippen molar-refractivity contribution in [3.8, 4) is 11.5 Å². The van der Waals surface area contributed by atoms with Crippen molar-refractivity contribution in [2.75, 3.05) is 21.3 Å². The van der Waals surface area contributed by atoms with Crippen LogP contribution < -0.4 is 9.47 Å². The van der Waals surface area contributed by atoms with Crippen LogP contribution in [0.25, 0.3) is 0 Å². The van der Waals surface area contributed by atoms with E-state index >= 15 is 0 Å². The molecule has 0 unspecified atom stereocenters. The molecule has 0 saturated heterocycles. The summed E-state index contributed by atoms with van der Waals surface area (Å²) in [6.45, 7) is 0. The van der Waals surface area contributed by atoms with Gasteiger partial charge in [-0.1, -0.05) is 0 Å². The summed E-state index contributed by atoms with van der Waals surface area (Å²) < 4.78 is 15.7. The van der Waals surface area contributed by atoms with Gasteiger partial charge in [-0.3, -0.25) is 0 Å². The first-order chi connectivity index (χ1) is 7.13. The Hall–Kier alpha value is -0.980. The minimum Gasteiger partial charge on any atom is -0.497 e. The van der Waals surface area contributed by atoms with Gasteiger partial charge in [-0.15, -0.1) is 0 Å². The molecule has 0 aromatic heterocycles. The highest BCUT2D eigenvalue weighted by Crippen LogP contribution is 2.30. The van der Waals surface area contributed by atoms with Crippen molar-refractivity contribution in [3.63, 3.8) is 0 Å². The molecule has 0 aliphatic heterocycles. The van der Waals surface area contributed by atoms with Crippen LogP contribution in [-0.2, 0) is 4.74 Å². The highest BCUT2D eigenvalue weighted by Gasteiger charge is 2.17. The molecule has 0 aliphatic rings. The highest BCUT2D eigenvalue weighted by molar-refractivity contribution is 14.1. The zero-order valence-corrected chi connectivity index (χ0v) is 10.8. The van der Waals surface area contributed by atoms with E-state index in [0.717, 1.165) is 3.57 Å². The number of rotatable bonds is 3. The molecule has 0 N–H and O–H groups in total. The van der Waals surface area contributed by atoms with E-state index in [0.29, 0.717) is 17.1 Å². The molecule has 0 fully saturated rings. The fourth-order valence-corrected chi connectivity index (χ4v) is 1.97. The third-order valence-corrected chi connectivity index (χ3v) is 2.66. The normalized spacial score (nSPS) is 9.60. The lowest BCUT2D eigenvalue weighted by Gasteiger charge is -2.10. The van der Waals surface area contributed by atoms with Crippen molar-refractivity contribution in [1.82, 2.24) is 0 Å². The van der Waals surface area contributed by atoms with Gasteiger partial charge >= 0.3 is 5.97 Å². The van der Waals surface area contributed by atoms with Crippen molar-refractivity contribution in [1.29, 1.82) is 0 Å². The lowest BCUT2D eigenvalue weighted by molar-refractivity contribution is 0.0596. The Bertz CT molecular complexity index is 376. The van der Waals surface area contributed by atoms with Gasteiger partial charge in [0.05, 0.1) is 24.9 Å². The van der Waals surface area contributed by atoms with Crippen LogP contribution in [0, 0.1) is 3.57 Å². The molecule has 1 rings (SSSR count). The molecule has 82 valence electrons. The van der Waals surface area contributed by atoms with Gasteiger partial charge in [-0.25, -0.2) is 4.79 Å². The van der Waals surface area contributed by atoms with Crippen LogP contribution in [0.2, 0.25) is 0 Å². The topological polar surface area (TPSA) is 44.8 Å². The van der Waals surface area contributed by atoms with Crippen molar-refractivity contribution in [2.45, 2.75) is 0 Å². The molecule has 1 aromatic carbocycles. The molecule has 0 saturated carbocycles. The van der Waals surface area contributed by atoms with E-state index < -0.39 is 5.97 Å². The molecule has 4 nitrogen and oxygen atoms in total. The summed E-state index contributed by atoms with van der Waals surface area (Å²) in [7, 11) is 4.38. The Labute approximate surface area is 102 Å². The Kier molecular flexibility index (Phi) is 4.19. The first-order valence-corrected chi connectivity index (χ1v) is 5.21. The molecule has 0 aliphatic carbocycles. The number of carbonyl (C=O) groups excluding carboxylic acids is 1. The fourth-order valence-electron chi connectivity index (χ4n) is 1.16. The molecule has 0 spiro atoms. The predicted molar refractivity (Wildman–Crippen MR) is 63.6 cm³/mol. The zero-order valence-electron chi connectivity index (χ0n) is 8.67. The molecule has 0 radical (unpaired) electrons. The average Bonchev–Trinajstić information content (AvgIpc) is 2.26. The second-order valence-electron chi connectivity index (χ2n) is 2.68. The molecule has 0 amide bonds. The summed E-state index contributed by atoms with van der Waals surface area (Å²) in [5.74, 6) is 0.660. The first-order valence-electron chi connectivity index (χ1n) is 4.13. The molecule has 5 heteroatoms. The first kappa shape index (κ1) is 12.1. The van der Waals surface area contributed by atoms with Crippen LogP contribution in [0.3, 0.4) is 0 Å². The van der Waals surface area contributed by atoms with Crippen molar-refractivity contribution >= 4 is 28.6 Å². The Morgan fingerprint density at radius 3 is 2.33 bits per heavy atom. The SMILES string of the molecule is COC(=O)c1cc(OC)cc(I)c1OC. The second kappa shape index (κ2) is 5.20. The number of ether oxygens (including phenoxy) is 3. The number of hydrogen-bond acceptors (Lipinski definition) is 4. The third-order valence-electron chi connectivity index (χ3n) is 1.86. The quantitative estimate of drug-likeness (QED) is 0.631. The van der Waals surface area contributed by atoms with Gasteiger partial charge in [0.1, 0.15) is 17.1 Å². The molecule has 0 atom stereocenters. The molecule has 1 aromatic rings. The molecular formula is C10H11IO4. The molecular weight excluding hydrogens is 311 g/mol. The Morgan fingerprint density at radius 1 is 1.20 bits per heavy atom. The van der Waals surface area contributed by atoms with Crippen molar-refractivity contribution < 1.29 is 19.0 Å². The van der Waals surface area contributed by atoms with Crippen LogP contribution in [-0.4, -0.2) is 27.3 Å². The Morgan fingerprint density at radius 2 is 1.87 bits per heavy atom. The van der Waals surface area contributed by atoms with Gasteiger partial charge < -0.3 is 14.2 Å². The minimum atomic E-state index is -0.441. The summed E-state index contributed by atoms with van der Waals surface area (Å²) in [6, 6.07) is 3.37. The summed E-state index contributed by atoms with van der Waals surface area (Å²) in [5.41, 5.74) is 0.365. The standard InChI is InChI=1S/C10H11IO4/c1-13-6-4-7(10(12)15-3)9(14-2)8(11)5-6/h4-5H,1-3H3. The largest absolute Gasteiger partial charge is 0.497 e. The van der Waals surface area contributed by atoms with E-state index in [1.807, 2.05) is 0 Å². The number of methoxy groups -OCH3 is 3. The molecule has 15 heavy (non-hydrogen) atoms. The molecule has 0 bridgehead atoms. The average molecular weight is 322 g/mol. The third kappa shape index (κ3) is 2.53. The summed E-state index contributed by atoms with van der Waals surface area (Å²) in [4.78, 5) is 11.5. The maximum atomic E-state index is 11.5. The number of esters is 1. The van der Waals surface area contributed by atoms with Crippen LogP contribution in [0.5, 0.6) is 11.5 Å². The lowest BCUT2D eigenvalue weighted by atomic mass is 10.2. The summed E-state index contributed by atoms with van der Waals surface area (Å²) >= 11 is 2.07. The van der Waals surface area contributed by atoms with E-state index in [2.05, 4.69) is 27.3 Å². The fraction of sp³-hybridized carbons (Fsp3) is 0.300. The van der Waals surface area contributed by atoms with Crippen LogP contribution in [0.4, 0.5) is 0 Å². The van der Waals surface area contributed by atoms with E-state index in [4.69, 9.17) is 9.47 Å². The maximum absolute atomic E-state index is 11.5. The van der Waals surface area contributed by atoms with Crippen LogP contribution >= 0.6 is 22.6 Å². The predicted octanol–water partition coefficient (Wildman–Crippen LogP) is 2.09. The summed E-state index contributed by atoms with van der Waals surface area (Å²) in [5, 5.41) is 0. The van der Waals surface area contributed by atoms with E-state index in [-0.39, 0.29) is 0 Å². The van der Waals surface area contributed by atoms with E-state index in [1.165, 1.54) is 14.2 Å². The smallest absolute Gasteiger partial charge is 0.341 e. The molecule has 0 heterocycles. The Balaban J connectivity index is 3.32. The monoisotopic (exact) mass is 322 g/mol. The number of halogens is 1. The number of carbonyl (C=O) groups is 1. The van der Waals surface area contributed by atoms with Gasteiger partial charge in [0.25, 0.3) is 0 Å². The van der Waals surface area contributed by atoms with Crippen LogP contribution in [0.1, 0.15) is 10.4 Å². The number of benzene rings is 1. The van der Waals surface area contributed by atoms with Gasteiger partial charge in [0.15, 0.2) is 0 Å². The van der Waals surface area contributed by atoms with Gasteiger partial charge in [0.2, 0.25) is 0 Å².